The zero-order chi connectivity index (χ0) is 11.1. The molecule has 1 aromatic rings. The summed E-state index contributed by atoms with van der Waals surface area (Å²) in [5.74, 6) is 0.110. The molecule has 1 aromatic carbocycles. The van der Waals surface area contributed by atoms with Crippen molar-refractivity contribution in [1.82, 2.24) is 5.32 Å². The van der Waals surface area contributed by atoms with Crippen LogP contribution in [0.2, 0.25) is 0 Å². The molecule has 82 valence electrons. The smallest absolute Gasteiger partial charge is 0.220 e. The number of alkyl halides is 1. The number of amides is 1. The third kappa shape index (κ3) is 4.98. The predicted molar refractivity (Wildman–Crippen MR) is 66.3 cm³/mol. The number of halogens is 1. The Hall–Kier alpha value is -0.830. The third-order valence-electron chi connectivity index (χ3n) is 2.18. The molecule has 1 amide bonds. The monoisotopic (exact) mass is 269 g/mol. The van der Waals surface area contributed by atoms with Crippen molar-refractivity contribution in [1.29, 1.82) is 0 Å². The molecule has 2 nitrogen and oxygen atoms in total. The lowest BCUT2D eigenvalue weighted by atomic mass is 10.1. The quantitative estimate of drug-likeness (QED) is 0.818. The lowest BCUT2D eigenvalue weighted by Gasteiger charge is -2.04. The van der Waals surface area contributed by atoms with Gasteiger partial charge in [-0.3, -0.25) is 4.79 Å². The standard InChI is InChI=1S/C12H16BrNO/c1-10-2-4-11(5-3-10)7-9-14-12(15)6-8-13/h2-5H,6-9H2,1H3,(H,14,15). The first kappa shape index (κ1) is 12.2. The maximum Gasteiger partial charge on any atom is 0.220 e. The van der Waals surface area contributed by atoms with E-state index in [2.05, 4.69) is 52.4 Å². The summed E-state index contributed by atoms with van der Waals surface area (Å²) in [6.07, 6.45) is 1.45. The van der Waals surface area contributed by atoms with Gasteiger partial charge in [-0.1, -0.05) is 45.8 Å². The maximum atomic E-state index is 11.1. The second kappa shape index (κ2) is 6.62. The Balaban J connectivity index is 2.26. The van der Waals surface area contributed by atoms with Gasteiger partial charge in [0, 0.05) is 18.3 Å². The molecule has 0 fully saturated rings. The average Bonchev–Trinajstić information content (AvgIpc) is 2.21. The first-order chi connectivity index (χ1) is 7.22. The van der Waals surface area contributed by atoms with E-state index in [1.807, 2.05) is 0 Å². The normalized spacial score (nSPS) is 10.0. The summed E-state index contributed by atoms with van der Waals surface area (Å²) in [5, 5.41) is 3.60. The van der Waals surface area contributed by atoms with Crippen molar-refractivity contribution in [2.45, 2.75) is 19.8 Å². The number of carbonyl (C=O) groups is 1. The average molecular weight is 270 g/mol. The molecule has 0 aliphatic carbocycles. The molecule has 0 unspecified atom stereocenters. The molecule has 0 heterocycles. The van der Waals surface area contributed by atoms with E-state index >= 15 is 0 Å². The van der Waals surface area contributed by atoms with E-state index in [9.17, 15) is 4.79 Å². The number of benzene rings is 1. The van der Waals surface area contributed by atoms with Crippen LogP contribution in [-0.2, 0) is 11.2 Å². The van der Waals surface area contributed by atoms with E-state index < -0.39 is 0 Å². The first-order valence-corrected chi connectivity index (χ1v) is 6.22. The van der Waals surface area contributed by atoms with E-state index in [0.717, 1.165) is 18.3 Å². The molecule has 0 aromatic heterocycles. The second-order valence-electron chi connectivity index (χ2n) is 3.52. The minimum atomic E-state index is 0.110. The Kier molecular flexibility index (Phi) is 5.40. The Labute approximate surface area is 99.2 Å². The molecule has 0 saturated heterocycles. The SMILES string of the molecule is Cc1ccc(CCNC(=O)CCBr)cc1. The van der Waals surface area contributed by atoms with Crippen LogP contribution in [0.3, 0.4) is 0 Å². The van der Waals surface area contributed by atoms with Gasteiger partial charge in [-0.05, 0) is 18.9 Å². The third-order valence-corrected chi connectivity index (χ3v) is 2.57. The molecule has 1 N–H and O–H groups in total. The predicted octanol–water partition coefficient (Wildman–Crippen LogP) is 2.44. The van der Waals surface area contributed by atoms with Gasteiger partial charge < -0.3 is 5.32 Å². The van der Waals surface area contributed by atoms with Crippen LogP contribution >= 0.6 is 15.9 Å². The number of hydrogen-bond donors (Lipinski definition) is 1. The molecule has 0 bridgehead atoms. The van der Waals surface area contributed by atoms with Crippen molar-refractivity contribution >= 4 is 21.8 Å². The van der Waals surface area contributed by atoms with Gasteiger partial charge in [0.15, 0.2) is 0 Å². The molecule has 0 spiro atoms. The highest BCUT2D eigenvalue weighted by atomic mass is 79.9. The van der Waals surface area contributed by atoms with Crippen LogP contribution in [0.5, 0.6) is 0 Å². The zero-order valence-electron chi connectivity index (χ0n) is 8.92. The van der Waals surface area contributed by atoms with E-state index in [1.54, 1.807) is 0 Å². The Morgan fingerprint density at radius 2 is 2.00 bits per heavy atom. The van der Waals surface area contributed by atoms with Crippen molar-refractivity contribution < 1.29 is 4.79 Å². The highest BCUT2D eigenvalue weighted by Gasteiger charge is 1.98. The number of carbonyl (C=O) groups excluding carboxylic acids is 1. The number of hydrogen-bond acceptors (Lipinski definition) is 1. The molecule has 0 aliphatic rings. The van der Waals surface area contributed by atoms with E-state index in [0.29, 0.717) is 6.42 Å². The number of rotatable bonds is 5. The van der Waals surface area contributed by atoms with Crippen molar-refractivity contribution in [3.05, 3.63) is 35.4 Å². The molecular formula is C12H16BrNO. The summed E-state index contributed by atoms with van der Waals surface area (Å²) in [5.41, 5.74) is 2.53. The topological polar surface area (TPSA) is 29.1 Å². The molecule has 1 rings (SSSR count). The molecular weight excluding hydrogens is 254 g/mol. The summed E-state index contributed by atoms with van der Waals surface area (Å²) in [6.45, 7) is 2.79. The van der Waals surface area contributed by atoms with Crippen LogP contribution in [0.25, 0.3) is 0 Å². The molecule has 3 heteroatoms. The van der Waals surface area contributed by atoms with Crippen LogP contribution in [-0.4, -0.2) is 17.8 Å². The summed E-state index contributed by atoms with van der Waals surface area (Å²) < 4.78 is 0. The largest absolute Gasteiger partial charge is 0.356 e. The Bertz CT molecular complexity index is 308. The number of aryl methyl sites for hydroxylation is 1. The highest BCUT2D eigenvalue weighted by molar-refractivity contribution is 9.09. The van der Waals surface area contributed by atoms with Crippen molar-refractivity contribution in [3.63, 3.8) is 0 Å². The first-order valence-electron chi connectivity index (χ1n) is 5.10. The molecule has 0 saturated carbocycles. The fourth-order valence-electron chi connectivity index (χ4n) is 1.28. The van der Waals surface area contributed by atoms with Crippen LogP contribution in [0.4, 0.5) is 0 Å². The summed E-state index contributed by atoms with van der Waals surface area (Å²) in [7, 11) is 0. The molecule has 0 atom stereocenters. The van der Waals surface area contributed by atoms with E-state index in [1.165, 1.54) is 11.1 Å². The highest BCUT2D eigenvalue weighted by Crippen LogP contribution is 2.03. The lowest BCUT2D eigenvalue weighted by molar-refractivity contribution is -0.120. The van der Waals surface area contributed by atoms with Crippen molar-refractivity contribution in [2.75, 3.05) is 11.9 Å². The fourth-order valence-corrected chi connectivity index (χ4v) is 1.64. The van der Waals surface area contributed by atoms with Gasteiger partial charge in [0.25, 0.3) is 0 Å². The Morgan fingerprint density at radius 1 is 1.33 bits per heavy atom. The molecule has 15 heavy (non-hydrogen) atoms. The Morgan fingerprint density at radius 3 is 2.60 bits per heavy atom. The van der Waals surface area contributed by atoms with Crippen LogP contribution in [0, 0.1) is 6.92 Å². The maximum absolute atomic E-state index is 11.1. The summed E-state index contributed by atoms with van der Waals surface area (Å²) in [6, 6.07) is 8.39. The van der Waals surface area contributed by atoms with Crippen LogP contribution < -0.4 is 5.32 Å². The van der Waals surface area contributed by atoms with Crippen LogP contribution in [0.15, 0.2) is 24.3 Å². The van der Waals surface area contributed by atoms with Gasteiger partial charge in [-0.15, -0.1) is 0 Å². The summed E-state index contributed by atoms with van der Waals surface area (Å²) >= 11 is 3.23. The van der Waals surface area contributed by atoms with Gasteiger partial charge in [-0.2, -0.15) is 0 Å². The van der Waals surface area contributed by atoms with Gasteiger partial charge >= 0.3 is 0 Å². The minimum absolute atomic E-state index is 0.110. The van der Waals surface area contributed by atoms with E-state index in [4.69, 9.17) is 0 Å². The lowest BCUT2D eigenvalue weighted by Crippen LogP contribution is -2.25. The fraction of sp³-hybridized carbons (Fsp3) is 0.417. The second-order valence-corrected chi connectivity index (χ2v) is 4.32. The van der Waals surface area contributed by atoms with E-state index in [-0.39, 0.29) is 5.91 Å². The van der Waals surface area contributed by atoms with Crippen molar-refractivity contribution in [2.24, 2.45) is 0 Å². The molecule has 0 radical (unpaired) electrons. The van der Waals surface area contributed by atoms with Gasteiger partial charge in [0.05, 0.1) is 0 Å². The minimum Gasteiger partial charge on any atom is -0.356 e. The van der Waals surface area contributed by atoms with Crippen LogP contribution in [0.1, 0.15) is 17.5 Å². The van der Waals surface area contributed by atoms with Gasteiger partial charge in [0.2, 0.25) is 5.91 Å². The number of nitrogens with one attached hydrogen (secondary N) is 1. The zero-order valence-corrected chi connectivity index (χ0v) is 10.5. The van der Waals surface area contributed by atoms with Crippen molar-refractivity contribution in [3.8, 4) is 0 Å². The molecule has 0 aliphatic heterocycles. The van der Waals surface area contributed by atoms with Gasteiger partial charge in [0.1, 0.15) is 0 Å². The summed E-state index contributed by atoms with van der Waals surface area (Å²) in [4.78, 5) is 11.1. The van der Waals surface area contributed by atoms with Gasteiger partial charge in [-0.25, -0.2) is 0 Å².